The lowest BCUT2D eigenvalue weighted by atomic mass is 10.0. The topological polar surface area (TPSA) is 25.2 Å². The summed E-state index contributed by atoms with van der Waals surface area (Å²) in [6.07, 6.45) is 3.65. The molecule has 0 fully saturated rings. The van der Waals surface area contributed by atoms with Crippen LogP contribution in [0.3, 0.4) is 0 Å². The lowest BCUT2D eigenvalue weighted by Gasteiger charge is -2.18. The summed E-state index contributed by atoms with van der Waals surface area (Å²) in [5, 5.41) is 4.28. The third kappa shape index (κ3) is 4.10. The maximum absolute atomic E-state index is 6.05. The lowest BCUT2D eigenvalue weighted by Crippen LogP contribution is -2.24. The van der Waals surface area contributed by atoms with Crippen LogP contribution >= 0.6 is 27.5 Å². The molecule has 0 bridgehead atoms. The van der Waals surface area contributed by atoms with Gasteiger partial charge in [0.25, 0.3) is 0 Å². The van der Waals surface area contributed by atoms with E-state index >= 15 is 0 Å². The Bertz CT molecular complexity index is 513. The fraction of sp³-hybridized carbons (Fsp3) is 0.333. The first-order valence-corrected chi connectivity index (χ1v) is 7.58. The average molecular weight is 343 g/mol. The van der Waals surface area contributed by atoms with Crippen molar-refractivity contribution in [3.05, 3.63) is 57.4 Å². The summed E-state index contributed by atoms with van der Waals surface area (Å²) in [5.41, 5.74) is 1.21. The number of benzene rings is 1. The van der Waals surface area contributed by atoms with Crippen LogP contribution in [0.4, 0.5) is 0 Å². The van der Waals surface area contributed by atoms with E-state index in [0.717, 1.165) is 34.6 Å². The number of furan rings is 1. The molecular weight excluding hydrogens is 326 g/mol. The molecule has 0 aliphatic heterocycles. The molecule has 1 heterocycles. The maximum atomic E-state index is 6.05. The van der Waals surface area contributed by atoms with E-state index in [2.05, 4.69) is 40.3 Å². The molecule has 0 saturated carbocycles. The standard InChI is InChI=1S/C15H17BrClNO/c1-2-7-18-15(10-12-4-3-8-19-12)11-5-6-14(17)13(16)9-11/h3-6,8-9,15,18H,2,7,10H2,1H3. The van der Waals surface area contributed by atoms with Crippen LogP contribution in [0, 0.1) is 0 Å². The first-order chi connectivity index (χ1) is 9.20. The van der Waals surface area contributed by atoms with Gasteiger partial charge >= 0.3 is 0 Å². The van der Waals surface area contributed by atoms with E-state index in [0.29, 0.717) is 0 Å². The molecule has 2 rings (SSSR count). The van der Waals surface area contributed by atoms with Crippen molar-refractivity contribution in [3.8, 4) is 0 Å². The van der Waals surface area contributed by atoms with Crippen molar-refractivity contribution in [2.75, 3.05) is 6.54 Å². The van der Waals surface area contributed by atoms with Crippen LogP contribution in [0.25, 0.3) is 0 Å². The van der Waals surface area contributed by atoms with Gasteiger partial charge in [0.05, 0.1) is 11.3 Å². The van der Waals surface area contributed by atoms with Crippen LogP contribution in [0.1, 0.15) is 30.7 Å². The zero-order valence-electron chi connectivity index (χ0n) is 10.8. The van der Waals surface area contributed by atoms with Gasteiger partial charge < -0.3 is 9.73 Å². The lowest BCUT2D eigenvalue weighted by molar-refractivity contribution is 0.449. The Labute approximate surface area is 127 Å². The number of hydrogen-bond acceptors (Lipinski definition) is 2. The van der Waals surface area contributed by atoms with Gasteiger partial charge in [0, 0.05) is 16.9 Å². The molecule has 2 aromatic rings. The molecule has 0 amide bonds. The molecule has 0 aliphatic rings. The highest BCUT2D eigenvalue weighted by atomic mass is 79.9. The number of nitrogens with one attached hydrogen (secondary N) is 1. The fourth-order valence-corrected chi connectivity index (χ4v) is 2.50. The third-order valence-electron chi connectivity index (χ3n) is 2.97. The van der Waals surface area contributed by atoms with Crippen LogP contribution < -0.4 is 5.32 Å². The van der Waals surface area contributed by atoms with E-state index in [1.165, 1.54) is 5.56 Å². The fourth-order valence-electron chi connectivity index (χ4n) is 1.99. The van der Waals surface area contributed by atoms with Gasteiger partial charge in [-0.1, -0.05) is 24.6 Å². The maximum Gasteiger partial charge on any atom is 0.105 e. The first kappa shape index (κ1) is 14.6. The molecule has 102 valence electrons. The summed E-state index contributed by atoms with van der Waals surface area (Å²) in [7, 11) is 0. The summed E-state index contributed by atoms with van der Waals surface area (Å²) in [5.74, 6) is 0.986. The van der Waals surface area contributed by atoms with Crippen LogP contribution in [-0.4, -0.2) is 6.54 Å². The van der Waals surface area contributed by atoms with Gasteiger partial charge in [-0.05, 0) is 58.7 Å². The molecule has 1 N–H and O–H groups in total. The monoisotopic (exact) mass is 341 g/mol. The molecule has 4 heteroatoms. The molecule has 2 nitrogen and oxygen atoms in total. The van der Waals surface area contributed by atoms with Crippen molar-refractivity contribution >= 4 is 27.5 Å². The zero-order chi connectivity index (χ0) is 13.7. The van der Waals surface area contributed by atoms with Crippen LogP contribution in [-0.2, 0) is 6.42 Å². The Morgan fingerprint density at radius 2 is 2.21 bits per heavy atom. The van der Waals surface area contributed by atoms with E-state index in [-0.39, 0.29) is 6.04 Å². The van der Waals surface area contributed by atoms with Crippen LogP contribution in [0.5, 0.6) is 0 Å². The molecular formula is C15H17BrClNO. The quantitative estimate of drug-likeness (QED) is 0.801. The van der Waals surface area contributed by atoms with E-state index in [4.69, 9.17) is 16.0 Å². The Morgan fingerprint density at radius 3 is 2.84 bits per heavy atom. The van der Waals surface area contributed by atoms with Crippen LogP contribution in [0.2, 0.25) is 5.02 Å². The van der Waals surface area contributed by atoms with E-state index < -0.39 is 0 Å². The predicted molar refractivity (Wildman–Crippen MR) is 82.6 cm³/mol. The molecule has 0 aliphatic carbocycles. The summed E-state index contributed by atoms with van der Waals surface area (Å²) in [6, 6.07) is 10.2. The summed E-state index contributed by atoms with van der Waals surface area (Å²) in [4.78, 5) is 0. The van der Waals surface area contributed by atoms with Crippen molar-refractivity contribution < 1.29 is 4.42 Å². The van der Waals surface area contributed by atoms with Crippen molar-refractivity contribution in [2.24, 2.45) is 0 Å². The van der Waals surface area contributed by atoms with E-state index in [1.807, 2.05) is 18.2 Å². The van der Waals surface area contributed by atoms with Gasteiger partial charge in [-0.15, -0.1) is 0 Å². The van der Waals surface area contributed by atoms with Crippen molar-refractivity contribution in [1.29, 1.82) is 0 Å². The molecule has 1 aromatic heterocycles. The largest absolute Gasteiger partial charge is 0.469 e. The second-order valence-electron chi connectivity index (χ2n) is 4.46. The second kappa shape index (κ2) is 7.13. The normalized spacial score (nSPS) is 12.6. The molecule has 1 aromatic carbocycles. The Hall–Kier alpha value is -0.770. The minimum absolute atomic E-state index is 0.236. The summed E-state index contributed by atoms with van der Waals surface area (Å²) < 4.78 is 6.37. The minimum Gasteiger partial charge on any atom is -0.469 e. The van der Waals surface area contributed by atoms with Gasteiger partial charge in [0.1, 0.15) is 5.76 Å². The molecule has 0 spiro atoms. The van der Waals surface area contributed by atoms with Crippen molar-refractivity contribution in [2.45, 2.75) is 25.8 Å². The van der Waals surface area contributed by atoms with Gasteiger partial charge in [0.15, 0.2) is 0 Å². The van der Waals surface area contributed by atoms with Gasteiger partial charge in [-0.25, -0.2) is 0 Å². The highest BCUT2D eigenvalue weighted by Crippen LogP contribution is 2.27. The van der Waals surface area contributed by atoms with Gasteiger partial charge in [-0.2, -0.15) is 0 Å². The van der Waals surface area contributed by atoms with Crippen molar-refractivity contribution in [3.63, 3.8) is 0 Å². The van der Waals surface area contributed by atoms with Crippen LogP contribution in [0.15, 0.2) is 45.5 Å². The summed E-state index contributed by atoms with van der Waals surface area (Å²) >= 11 is 9.52. The first-order valence-electron chi connectivity index (χ1n) is 6.41. The second-order valence-corrected chi connectivity index (χ2v) is 5.73. The van der Waals surface area contributed by atoms with Crippen molar-refractivity contribution in [1.82, 2.24) is 5.32 Å². The molecule has 0 saturated heterocycles. The smallest absolute Gasteiger partial charge is 0.105 e. The molecule has 0 radical (unpaired) electrons. The predicted octanol–water partition coefficient (Wildman–Crippen LogP) is 4.98. The Morgan fingerprint density at radius 1 is 1.37 bits per heavy atom. The van der Waals surface area contributed by atoms with Gasteiger partial charge in [0.2, 0.25) is 0 Å². The highest BCUT2D eigenvalue weighted by molar-refractivity contribution is 9.10. The Balaban J connectivity index is 2.18. The SMILES string of the molecule is CCCNC(Cc1ccco1)c1ccc(Cl)c(Br)c1. The summed E-state index contributed by atoms with van der Waals surface area (Å²) in [6.45, 7) is 3.14. The van der Waals surface area contributed by atoms with Gasteiger partial charge in [-0.3, -0.25) is 0 Å². The number of halogens is 2. The zero-order valence-corrected chi connectivity index (χ0v) is 13.2. The third-order valence-corrected chi connectivity index (χ3v) is 4.19. The molecule has 1 unspecified atom stereocenters. The van der Waals surface area contributed by atoms with E-state index in [1.54, 1.807) is 6.26 Å². The highest BCUT2D eigenvalue weighted by Gasteiger charge is 2.14. The minimum atomic E-state index is 0.236. The number of hydrogen-bond donors (Lipinski definition) is 1. The Kier molecular flexibility index (Phi) is 5.49. The van der Waals surface area contributed by atoms with E-state index in [9.17, 15) is 0 Å². The molecule has 19 heavy (non-hydrogen) atoms. The average Bonchev–Trinajstić information content (AvgIpc) is 2.91. The number of rotatable bonds is 6. The molecule has 1 atom stereocenters.